The van der Waals surface area contributed by atoms with E-state index in [4.69, 9.17) is 0 Å². The third kappa shape index (κ3) is 1.98. The quantitative estimate of drug-likeness (QED) is 0.693. The molecule has 0 aromatic heterocycles. The smallest absolute Gasteiger partial charge is 0.0173 e. The summed E-state index contributed by atoms with van der Waals surface area (Å²) in [5, 5.41) is 0. The van der Waals surface area contributed by atoms with Crippen LogP contribution in [0.15, 0.2) is 59.7 Å². The summed E-state index contributed by atoms with van der Waals surface area (Å²) in [5.41, 5.74) is 8.12. The molecule has 2 aromatic carbocycles. The molecule has 4 rings (SSSR count). The molecule has 2 radical (unpaired) electrons. The van der Waals surface area contributed by atoms with Crippen molar-refractivity contribution < 1.29 is 0 Å². The van der Waals surface area contributed by atoms with Crippen molar-refractivity contribution in [3.63, 3.8) is 0 Å². The molecule has 0 heteroatoms. The monoisotopic (exact) mass is 270 g/mol. The second kappa shape index (κ2) is 4.46. The number of fused-ring (bicyclic) bond motifs is 2. The first-order valence-electron chi connectivity index (χ1n) is 7.46. The van der Waals surface area contributed by atoms with E-state index in [1.807, 2.05) is 0 Å². The molecule has 0 bridgehead atoms. The topological polar surface area (TPSA) is 0 Å². The molecule has 21 heavy (non-hydrogen) atoms. The molecule has 0 aliphatic heterocycles. The lowest BCUT2D eigenvalue weighted by molar-refractivity contribution is 0.564. The van der Waals surface area contributed by atoms with Crippen LogP contribution in [0.1, 0.15) is 36.1 Å². The van der Waals surface area contributed by atoms with E-state index >= 15 is 0 Å². The minimum Gasteiger partial charge on any atom is -0.0619 e. The lowest BCUT2D eigenvalue weighted by Gasteiger charge is -2.28. The van der Waals surface area contributed by atoms with Gasteiger partial charge in [-0.05, 0) is 22.3 Å². The predicted octanol–water partition coefficient (Wildman–Crippen LogP) is 5.31. The third-order valence-corrected chi connectivity index (χ3v) is 4.68. The van der Waals surface area contributed by atoms with Gasteiger partial charge in [-0.3, -0.25) is 0 Å². The van der Waals surface area contributed by atoms with E-state index in [-0.39, 0.29) is 5.41 Å². The molecule has 0 heterocycles. The van der Waals surface area contributed by atoms with Crippen LogP contribution in [-0.2, 0) is 0 Å². The molecule has 0 saturated carbocycles. The number of benzene rings is 2. The molecular formula is C21H18. The van der Waals surface area contributed by atoms with Crippen molar-refractivity contribution in [2.75, 3.05) is 0 Å². The van der Waals surface area contributed by atoms with Gasteiger partial charge in [0.1, 0.15) is 0 Å². The lowest BCUT2D eigenvalue weighted by atomic mass is 9.75. The molecule has 0 N–H and O–H groups in total. The Balaban J connectivity index is 1.68. The zero-order valence-electron chi connectivity index (χ0n) is 12.4. The molecule has 0 fully saturated rings. The maximum Gasteiger partial charge on any atom is 0.0173 e. The molecular weight excluding hydrogens is 252 g/mol. The van der Waals surface area contributed by atoms with Crippen molar-refractivity contribution in [3.05, 3.63) is 94.8 Å². The largest absolute Gasteiger partial charge is 0.0619 e. The average molecular weight is 270 g/mol. The van der Waals surface area contributed by atoms with Gasteiger partial charge in [0, 0.05) is 18.3 Å². The van der Waals surface area contributed by atoms with E-state index in [0.29, 0.717) is 0 Å². The van der Waals surface area contributed by atoms with Crippen molar-refractivity contribution in [1.29, 1.82) is 0 Å². The first kappa shape index (κ1) is 12.6. The summed E-state index contributed by atoms with van der Waals surface area (Å²) in [7, 11) is 0. The zero-order chi connectivity index (χ0) is 14.4. The molecule has 0 nitrogen and oxygen atoms in total. The van der Waals surface area contributed by atoms with Gasteiger partial charge in [0.25, 0.3) is 0 Å². The molecule has 0 saturated heterocycles. The van der Waals surface area contributed by atoms with Gasteiger partial charge in [-0.2, -0.15) is 0 Å². The van der Waals surface area contributed by atoms with Gasteiger partial charge in [-0.1, -0.05) is 85.7 Å². The molecule has 0 spiro atoms. The van der Waals surface area contributed by atoms with E-state index in [1.54, 1.807) is 0 Å². The van der Waals surface area contributed by atoms with E-state index in [0.717, 1.165) is 0 Å². The Hall–Kier alpha value is -2.08. The van der Waals surface area contributed by atoms with Crippen molar-refractivity contribution >= 4 is 12.2 Å². The van der Waals surface area contributed by atoms with Gasteiger partial charge in [-0.15, -0.1) is 0 Å². The molecule has 2 aromatic rings. The van der Waals surface area contributed by atoms with Crippen LogP contribution in [0.4, 0.5) is 0 Å². The summed E-state index contributed by atoms with van der Waals surface area (Å²) in [6.45, 7) is 4.63. The molecule has 0 amide bonds. The summed E-state index contributed by atoms with van der Waals surface area (Å²) in [6, 6.07) is 17.2. The molecule has 0 atom stereocenters. The summed E-state index contributed by atoms with van der Waals surface area (Å²) < 4.78 is 0. The zero-order valence-corrected chi connectivity index (χ0v) is 12.4. The van der Waals surface area contributed by atoms with Crippen LogP contribution in [0, 0.1) is 18.3 Å². The number of rotatable bonds is 2. The van der Waals surface area contributed by atoms with Gasteiger partial charge >= 0.3 is 0 Å². The fraction of sp³-hybridized carbons (Fsp3) is 0.143. The fourth-order valence-electron chi connectivity index (χ4n) is 3.19. The van der Waals surface area contributed by atoms with Gasteiger partial charge < -0.3 is 0 Å². The van der Waals surface area contributed by atoms with Gasteiger partial charge in [0.05, 0.1) is 0 Å². The summed E-state index contributed by atoms with van der Waals surface area (Å²) in [5.74, 6) is 0. The van der Waals surface area contributed by atoms with Gasteiger partial charge in [0.2, 0.25) is 0 Å². The van der Waals surface area contributed by atoms with Crippen LogP contribution >= 0.6 is 0 Å². The standard InChI is InChI=1S/C21H18/c1-21(2,19-11-15-7-3-4-8-16(15)12-19)20-13-17-9-5-6-10-18(17)14-20/h3-14H,1-2H3. The molecule has 102 valence electrons. The second-order valence-electron chi connectivity index (χ2n) is 6.37. The highest BCUT2D eigenvalue weighted by molar-refractivity contribution is 5.76. The molecule has 2 aliphatic carbocycles. The Bertz CT molecular complexity index is 707. The van der Waals surface area contributed by atoms with Crippen molar-refractivity contribution in [2.45, 2.75) is 13.8 Å². The Labute approximate surface area is 126 Å². The Morgan fingerprint density at radius 1 is 0.571 bits per heavy atom. The van der Waals surface area contributed by atoms with E-state index in [2.05, 4.69) is 87.4 Å². The van der Waals surface area contributed by atoms with Crippen LogP contribution in [0.25, 0.3) is 12.2 Å². The van der Waals surface area contributed by atoms with E-state index in [9.17, 15) is 0 Å². The maximum atomic E-state index is 2.33. The molecule has 2 aliphatic rings. The van der Waals surface area contributed by atoms with Crippen LogP contribution in [0.2, 0.25) is 0 Å². The predicted molar refractivity (Wildman–Crippen MR) is 89.4 cm³/mol. The Morgan fingerprint density at radius 2 is 0.952 bits per heavy atom. The first-order chi connectivity index (χ1) is 10.1. The van der Waals surface area contributed by atoms with Crippen molar-refractivity contribution in [1.82, 2.24) is 0 Å². The van der Waals surface area contributed by atoms with Crippen LogP contribution in [0.5, 0.6) is 0 Å². The Kier molecular flexibility index (Phi) is 2.68. The van der Waals surface area contributed by atoms with Gasteiger partial charge in [-0.25, -0.2) is 0 Å². The van der Waals surface area contributed by atoms with Crippen LogP contribution < -0.4 is 0 Å². The molecule has 0 unspecified atom stereocenters. The first-order valence-corrected chi connectivity index (χ1v) is 7.46. The minimum atomic E-state index is 0.0258. The summed E-state index contributed by atoms with van der Waals surface area (Å²) in [6.07, 6.45) is 9.31. The maximum absolute atomic E-state index is 2.33. The van der Waals surface area contributed by atoms with E-state index < -0.39 is 0 Å². The average Bonchev–Trinajstić information content (AvgIpc) is 3.11. The normalized spacial score (nSPS) is 16.3. The fourth-order valence-corrected chi connectivity index (χ4v) is 3.19. The highest BCUT2D eigenvalue weighted by Gasteiger charge is 2.33. The third-order valence-electron chi connectivity index (χ3n) is 4.68. The lowest BCUT2D eigenvalue weighted by Crippen LogP contribution is -2.16. The van der Waals surface area contributed by atoms with Gasteiger partial charge in [0.15, 0.2) is 0 Å². The SMILES string of the molecule is CC(C)(C1=Cc2ccccc2[CH]1)C1=Cc2ccccc2[CH]1. The van der Waals surface area contributed by atoms with Crippen molar-refractivity contribution in [2.24, 2.45) is 5.41 Å². The summed E-state index contributed by atoms with van der Waals surface area (Å²) in [4.78, 5) is 0. The number of hydrogen-bond donors (Lipinski definition) is 0. The van der Waals surface area contributed by atoms with Crippen LogP contribution in [0.3, 0.4) is 0 Å². The summed E-state index contributed by atoms with van der Waals surface area (Å²) >= 11 is 0. The minimum absolute atomic E-state index is 0.0258. The van der Waals surface area contributed by atoms with E-state index in [1.165, 1.54) is 33.4 Å². The number of allylic oxidation sites excluding steroid dienone is 2. The highest BCUT2D eigenvalue weighted by atomic mass is 14.4. The van der Waals surface area contributed by atoms with Crippen LogP contribution in [-0.4, -0.2) is 0 Å². The number of hydrogen-bond acceptors (Lipinski definition) is 0. The van der Waals surface area contributed by atoms with Crippen molar-refractivity contribution in [3.8, 4) is 0 Å². The highest BCUT2D eigenvalue weighted by Crippen LogP contribution is 2.47. The Morgan fingerprint density at radius 3 is 1.33 bits per heavy atom. The second-order valence-corrected chi connectivity index (χ2v) is 6.37.